The van der Waals surface area contributed by atoms with Crippen molar-refractivity contribution in [1.82, 2.24) is 9.80 Å². The van der Waals surface area contributed by atoms with Gasteiger partial charge in [-0.05, 0) is 55.9 Å². The smallest absolute Gasteiger partial charge is 0.295 e. The highest BCUT2D eigenvalue weighted by Gasteiger charge is 2.46. The number of methoxy groups -OCH3 is 1. The molecule has 9 heteroatoms. The summed E-state index contributed by atoms with van der Waals surface area (Å²) in [6.07, 6.45) is 0. The molecule has 1 aliphatic rings. The number of likely N-dealkylation sites (tertiary alicyclic amines) is 1. The predicted octanol–water partition coefficient (Wildman–Crippen LogP) is 4.22. The predicted molar refractivity (Wildman–Crippen MR) is 134 cm³/mol. The molecule has 1 aliphatic heterocycles. The molecule has 0 saturated carbocycles. The van der Waals surface area contributed by atoms with Gasteiger partial charge in [-0.3, -0.25) is 9.59 Å². The van der Waals surface area contributed by atoms with E-state index in [1.54, 1.807) is 31.2 Å². The van der Waals surface area contributed by atoms with E-state index in [0.29, 0.717) is 29.5 Å². The maximum atomic E-state index is 13.3. The Morgan fingerprint density at radius 1 is 1.09 bits per heavy atom. The number of benzene rings is 2. The number of hydrogen-bond acceptors (Lipinski definition) is 7. The molecule has 0 radical (unpaired) electrons. The number of ketones is 1. The summed E-state index contributed by atoms with van der Waals surface area (Å²) in [5, 5.41) is 21.9. The number of likely N-dealkylation sites (N-methyl/N-ethyl adjacent to an activating group) is 1. The Morgan fingerprint density at radius 3 is 2.43 bits per heavy atom. The fraction of sp³-hybridized carbons (Fsp3) is 0.385. The monoisotopic (exact) mass is 502 g/mol. The second-order valence-electron chi connectivity index (χ2n) is 8.02. The molecule has 35 heavy (non-hydrogen) atoms. The molecule has 1 unspecified atom stereocenters. The molecule has 0 spiro atoms. The molecule has 0 aliphatic carbocycles. The van der Waals surface area contributed by atoms with E-state index in [4.69, 9.17) is 21.1 Å². The first kappa shape index (κ1) is 26.4. The number of halogens is 1. The van der Waals surface area contributed by atoms with Crippen molar-refractivity contribution in [3.8, 4) is 17.2 Å². The Morgan fingerprint density at radius 2 is 1.80 bits per heavy atom. The van der Waals surface area contributed by atoms with E-state index in [1.807, 2.05) is 13.8 Å². The molecule has 0 bridgehead atoms. The van der Waals surface area contributed by atoms with Crippen LogP contribution in [0.15, 0.2) is 42.0 Å². The van der Waals surface area contributed by atoms with Gasteiger partial charge in [-0.1, -0.05) is 31.5 Å². The van der Waals surface area contributed by atoms with Crippen molar-refractivity contribution in [2.24, 2.45) is 0 Å². The number of phenolic OH excluding ortho intramolecular Hbond substituents is 1. The molecule has 0 aromatic heterocycles. The molecule has 1 heterocycles. The van der Waals surface area contributed by atoms with Crippen molar-refractivity contribution >= 4 is 29.1 Å². The van der Waals surface area contributed by atoms with Crippen molar-refractivity contribution in [2.75, 3.05) is 39.9 Å². The SMILES string of the molecule is CCOc1cc(C2/C(=C(\O)c3cc(Cl)ccc3OC)C(=O)C(=O)N2CCN(CC)CC)ccc1O. The van der Waals surface area contributed by atoms with E-state index >= 15 is 0 Å². The van der Waals surface area contributed by atoms with Gasteiger partial charge >= 0.3 is 0 Å². The van der Waals surface area contributed by atoms with Crippen LogP contribution in [0.4, 0.5) is 0 Å². The van der Waals surface area contributed by atoms with E-state index in [-0.39, 0.29) is 34.9 Å². The molecular formula is C26H31ClN2O6. The second kappa shape index (κ2) is 11.5. The first-order chi connectivity index (χ1) is 16.8. The zero-order valence-electron chi connectivity index (χ0n) is 20.4. The van der Waals surface area contributed by atoms with Crippen LogP contribution in [0.3, 0.4) is 0 Å². The number of Topliss-reactive ketones (excluding diaryl/α,β-unsaturated/α-hetero) is 1. The number of aliphatic hydroxyl groups excluding tert-OH is 1. The standard InChI is InChI=1S/C26H31ClN2O6/c1-5-28(6-2)12-13-29-23(16-8-10-19(30)21(14-16)35-7-3)22(25(32)26(29)33)24(31)18-15-17(27)9-11-20(18)34-4/h8-11,14-15,23,30-31H,5-7,12-13H2,1-4H3/b24-22+. The minimum absolute atomic E-state index is 0.0628. The molecule has 188 valence electrons. The lowest BCUT2D eigenvalue weighted by Gasteiger charge is -2.28. The van der Waals surface area contributed by atoms with E-state index in [0.717, 1.165) is 13.1 Å². The molecule has 3 rings (SSSR count). The molecule has 1 atom stereocenters. The number of nitrogens with zero attached hydrogens (tertiary/aromatic N) is 2. The molecule has 2 N–H and O–H groups in total. The Bertz CT molecular complexity index is 1130. The molecule has 1 fully saturated rings. The van der Waals surface area contributed by atoms with E-state index in [9.17, 15) is 19.8 Å². The van der Waals surface area contributed by atoms with E-state index < -0.39 is 17.7 Å². The summed E-state index contributed by atoms with van der Waals surface area (Å²) in [5.74, 6) is -1.44. The topological polar surface area (TPSA) is 99.5 Å². The third kappa shape index (κ3) is 5.39. The Hall–Kier alpha value is -3.23. The van der Waals surface area contributed by atoms with Gasteiger partial charge in [0.15, 0.2) is 11.5 Å². The van der Waals surface area contributed by atoms with Gasteiger partial charge in [-0.25, -0.2) is 0 Å². The number of ether oxygens (including phenoxy) is 2. The number of carbonyl (C=O) groups excluding carboxylic acids is 2. The fourth-order valence-corrected chi connectivity index (χ4v) is 4.40. The quantitative estimate of drug-likeness (QED) is 0.285. The van der Waals surface area contributed by atoms with Gasteiger partial charge in [0.1, 0.15) is 11.5 Å². The van der Waals surface area contributed by atoms with E-state index in [2.05, 4.69) is 4.90 Å². The number of aromatic hydroxyl groups is 1. The third-order valence-electron chi connectivity index (χ3n) is 6.11. The zero-order valence-corrected chi connectivity index (χ0v) is 21.1. The summed E-state index contributed by atoms with van der Waals surface area (Å²) in [5.41, 5.74) is 0.645. The van der Waals surface area contributed by atoms with Crippen LogP contribution in [-0.2, 0) is 9.59 Å². The van der Waals surface area contributed by atoms with Gasteiger partial charge < -0.3 is 29.5 Å². The third-order valence-corrected chi connectivity index (χ3v) is 6.34. The summed E-state index contributed by atoms with van der Waals surface area (Å²) < 4.78 is 10.9. The average molecular weight is 503 g/mol. The highest BCUT2D eigenvalue weighted by molar-refractivity contribution is 6.46. The second-order valence-corrected chi connectivity index (χ2v) is 8.46. The van der Waals surface area contributed by atoms with Crippen molar-refractivity contribution < 1.29 is 29.3 Å². The zero-order chi connectivity index (χ0) is 25.7. The van der Waals surface area contributed by atoms with Gasteiger partial charge in [-0.2, -0.15) is 0 Å². The first-order valence-corrected chi connectivity index (χ1v) is 11.9. The van der Waals surface area contributed by atoms with Gasteiger partial charge in [0, 0.05) is 18.1 Å². The maximum absolute atomic E-state index is 13.3. The normalized spacial score (nSPS) is 17.3. The number of aliphatic hydroxyl groups is 1. The number of carbonyl (C=O) groups is 2. The lowest BCUT2D eigenvalue weighted by Crippen LogP contribution is -2.38. The van der Waals surface area contributed by atoms with Gasteiger partial charge in [0.05, 0.1) is 30.9 Å². The minimum Gasteiger partial charge on any atom is -0.507 e. The van der Waals surface area contributed by atoms with Gasteiger partial charge in [-0.15, -0.1) is 0 Å². The highest BCUT2D eigenvalue weighted by atomic mass is 35.5. The summed E-state index contributed by atoms with van der Waals surface area (Å²) in [7, 11) is 1.44. The first-order valence-electron chi connectivity index (χ1n) is 11.6. The minimum atomic E-state index is -0.894. The van der Waals surface area contributed by atoms with Crippen LogP contribution < -0.4 is 9.47 Å². The van der Waals surface area contributed by atoms with Crippen molar-refractivity contribution in [2.45, 2.75) is 26.8 Å². The average Bonchev–Trinajstić information content (AvgIpc) is 3.10. The van der Waals surface area contributed by atoms with Crippen LogP contribution >= 0.6 is 11.6 Å². The summed E-state index contributed by atoms with van der Waals surface area (Å²) >= 11 is 6.16. The number of phenols is 1. The summed E-state index contributed by atoms with van der Waals surface area (Å²) in [6.45, 7) is 8.55. The van der Waals surface area contributed by atoms with Crippen molar-refractivity contribution in [3.05, 3.63) is 58.1 Å². The van der Waals surface area contributed by atoms with Crippen LogP contribution in [0.1, 0.15) is 37.9 Å². The Kier molecular flexibility index (Phi) is 8.64. The van der Waals surface area contributed by atoms with Gasteiger partial charge in [0.2, 0.25) is 0 Å². The van der Waals surface area contributed by atoms with Crippen molar-refractivity contribution in [1.29, 1.82) is 0 Å². The Labute approximate surface area is 210 Å². The van der Waals surface area contributed by atoms with E-state index in [1.165, 1.54) is 24.1 Å². The molecular weight excluding hydrogens is 472 g/mol. The largest absolute Gasteiger partial charge is 0.507 e. The molecule has 2 aromatic carbocycles. The van der Waals surface area contributed by atoms with Crippen LogP contribution in [0.5, 0.6) is 17.2 Å². The number of hydrogen-bond donors (Lipinski definition) is 2. The van der Waals surface area contributed by atoms with Crippen LogP contribution in [-0.4, -0.2) is 71.6 Å². The molecule has 1 saturated heterocycles. The van der Waals surface area contributed by atoms with Crippen molar-refractivity contribution in [3.63, 3.8) is 0 Å². The summed E-state index contributed by atoms with van der Waals surface area (Å²) in [4.78, 5) is 30.1. The fourth-order valence-electron chi connectivity index (χ4n) is 4.23. The van der Waals surface area contributed by atoms with Gasteiger partial charge in [0.25, 0.3) is 11.7 Å². The Balaban J connectivity index is 2.20. The molecule has 2 aromatic rings. The maximum Gasteiger partial charge on any atom is 0.295 e. The lowest BCUT2D eigenvalue weighted by molar-refractivity contribution is -0.140. The number of amides is 1. The van der Waals surface area contributed by atoms with Crippen LogP contribution in [0.2, 0.25) is 5.02 Å². The summed E-state index contributed by atoms with van der Waals surface area (Å²) in [6, 6.07) is 8.42. The molecule has 1 amide bonds. The lowest BCUT2D eigenvalue weighted by atomic mass is 9.94. The molecule has 8 nitrogen and oxygen atoms in total. The van der Waals surface area contributed by atoms with Crippen LogP contribution in [0, 0.1) is 0 Å². The number of rotatable bonds is 10. The highest BCUT2D eigenvalue weighted by Crippen LogP contribution is 2.43. The van der Waals surface area contributed by atoms with Crippen LogP contribution in [0.25, 0.3) is 5.76 Å².